The fourth-order valence-electron chi connectivity index (χ4n) is 6.24. The van der Waals surface area contributed by atoms with E-state index in [9.17, 15) is 27.6 Å². The normalized spacial score (nSPS) is 25.2. The summed E-state index contributed by atoms with van der Waals surface area (Å²) in [4.78, 5) is 51.7. The van der Waals surface area contributed by atoms with Crippen LogP contribution in [0.5, 0.6) is 11.5 Å². The lowest BCUT2D eigenvalue weighted by Crippen LogP contribution is -2.54. The number of carbonyl (C=O) groups excluding carboxylic acids is 3. The van der Waals surface area contributed by atoms with E-state index in [1.807, 2.05) is 47.4 Å². The van der Waals surface area contributed by atoms with E-state index in [1.54, 1.807) is 14.2 Å². The maximum absolute atomic E-state index is 13.3. The average Bonchev–Trinajstić information content (AvgIpc) is 3.57. The molecule has 2 amide bonds. The Kier molecular flexibility index (Phi) is 8.03. The molecule has 0 bridgehead atoms. The first-order valence-corrected chi connectivity index (χ1v) is 12.6. The van der Waals surface area contributed by atoms with Crippen LogP contribution in [0.15, 0.2) is 42.5 Å². The van der Waals surface area contributed by atoms with Crippen LogP contribution in [0.3, 0.4) is 0 Å². The second-order valence-electron chi connectivity index (χ2n) is 9.89. The second kappa shape index (κ2) is 11.0. The number of hydrogen-bond donors (Lipinski definition) is 1. The summed E-state index contributed by atoms with van der Waals surface area (Å²) in [6, 6.07) is 13.1. The van der Waals surface area contributed by atoms with Crippen molar-refractivity contribution in [1.29, 1.82) is 0 Å². The van der Waals surface area contributed by atoms with E-state index in [2.05, 4.69) is 0 Å². The Bertz CT molecular complexity index is 1360. The first kappa shape index (κ1) is 29.8. The molecule has 3 aliphatic heterocycles. The number of halogens is 3. The van der Waals surface area contributed by atoms with Crippen LogP contribution in [-0.2, 0) is 23.9 Å². The minimum absolute atomic E-state index is 0.254. The van der Waals surface area contributed by atoms with Gasteiger partial charge in [-0.15, -0.1) is 0 Å². The minimum Gasteiger partial charge on any atom is -0.497 e. The number of aliphatic carboxylic acids is 1. The van der Waals surface area contributed by atoms with Crippen molar-refractivity contribution in [3.63, 3.8) is 0 Å². The van der Waals surface area contributed by atoms with Gasteiger partial charge in [0.05, 0.1) is 33.2 Å². The highest BCUT2D eigenvalue weighted by atomic mass is 19.4. The lowest BCUT2D eigenvalue weighted by atomic mass is 9.77. The summed E-state index contributed by atoms with van der Waals surface area (Å²) in [6.07, 6.45) is -3.84. The number of fused-ring (bicyclic) bond motifs is 3. The van der Waals surface area contributed by atoms with Gasteiger partial charge in [0.1, 0.15) is 17.0 Å². The summed E-state index contributed by atoms with van der Waals surface area (Å²) in [5, 5.41) is 7.12. The lowest BCUT2D eigenvalue weighted by Gasteiger charge is -2.35. The molecule has 3 unspecified atom stereocenters. The zero-order valence-corrected chi connectivity index (χ0v) is 22.7. The number of nitrogens with zero attached hydrogens (tertiary/aromatic N) is 2. The molecular formula is C28H29F3N2O8. The largest absolute Gasteiger partial charge is 0.497 e. The molecule has 1 N–H and O–H groups in total. The molecule has 3 aliphatic rings. The van der Waals surface area contributed by atoms with Gasteiger partial charge >= 0.3 is 18.1 Å². The maximum Gasteiger partial charge on any atom is 0.490 e. The maximum atomic E-state index is 13.3. The number of carboxylic acid groups (broad SMARTS) is 1. The van der Waals surface area contributed by atoms with Crippen LogP contribution in [0.2, 0.25) is 0 Å². The van der Waals surface area contributed by atoms with Gasteiger partial charge in [-0.1, -0.05) is 24.3 Å². The zero-order valence-electron chi connectivity index (χ0n) is 22.7. The number of esters is 1. The quantitative estimate of drug-likeness (QED) is 0.421. The van der Waals surface area contributed by atoms with Gasteiger partial charge in [-0.25, -0.2) is 4.79 Å². The van der Waals surface area contributed by atoms with Gasteiger partial charge < -0.3 is 19.3 Å². The number of likely N-dealkylation sites (tertiary alicyclic amines) is 1. The number of alkyl halides is 3. The number of amides is 2. The molecule has 4 atom stereocenters. The number of hydrogen-bond acceptors (Lipinski definition) is 8. The topological polar surface area (TPSA) is 123 Å². The van der Waals surface area contributed by atoms with Crippen LogP contribution < -0.4 is 9.47 Å². The average molecular weight is 579 g/mol. The van der Waals surface area contributed by atoms with Crippen molar-refractivity contribution in [2.24, 2.45) is 11.8 Å². The van der Waals surface area contributed by atoms with Gasteiger partial charge in [-0.05, 0) is 48.7 Å². The number of methoxy groups -OCH3 is 3. The van der Waals surface area contributed by atoms with Crippen LogP contribution in [0, 0.1) is 11.8 Å². The summed E-state index contributed by atoms with van der Waals surface area (Å²) in [7, 11) is 6.07. The van der Waals surface area contributed by atoms with Crippen LogP contribution in [0.25, 0.3) is 11.1 Å². The van der Waals surface area contributed by atoms with E-state index in [0.29, 0.717) is 18.7 Å². The van der Waals surface area contributed by atoms with E-state index in [1.165, 1.54) is 19.1 Å². The Morgan fingerprint density at radius 3 is 2.17 bits per heavy atom. The molecule has 2 aromatic carbocycles. The van der Waals surface area contributed by atoms with Gasteiger partial charge in [-0.2, -0.15) is 13.2 Å². The number of ether oxygens (including phenoxy) is 3. The van der Waals surface area contributed by atoms with E-state index in [-0.39, 0.29) is 11.8 Å². The second-order valence-corrected chi connectivity index (χ2v) is 9.89. The molecule has 10 nitrogen and oxygen atoms in total. The van der Waals surface area contributed by atoms with Crippen molar-refractivity contribution in [1.82, 2.24) is 9.80 Å². The molecule has 0 spiro atoms. The lowest BCUT2D eigenvalue weighted by molar-refractivity contribution is -0.192. The number of benzene rings is 2. The smallest absolute Gasteiger partial charge is 0.490 e. The van der Waals surface area contributed by atoms with E-state index in [4.69, 9.17) is 24.1 Å². The Morgan fingerprint density at radius 1 is 1.00 bits per heavy atom. The predicted octanol–water partition coefficient (Wildman–Crippen LogP) is 3.30. The number of carbonyl (C=O) groups is 4. The number of rotatable bonds is 5. The first-order chi connectivity index (χ1) is 19.3. The number of imide groups is 1. The molecule has 3 fully saturated rings. The Balaban J connectivity index is 0.000000493. The predicted molar refractivity (Wildman–Crippen MR) is 137 cm³/mol. The molecule has 41 heavy (non-hydrogen) atoms. The van der Waals surface area contributed by atoms with Gasteiger partial charge in [0.2, 0.25) is 11.8 Å². The highest BCUT2D eigenvalue weighted by Crippen LogP contribution is 2.59. The highest BCUT2D eigenvalue weighted by molar-refractivity contribution is 6.09. The first-order valence-electron chi connectivity index (χ1n) is 12.6. The van der Waals surface area contributed by atoms with Gasteiger partial charge in [-0.3, -0.25) is 24.2 Å². The SMILES string of the molecule is COC(=O)[C@@]12CCCN1C(c1ccc(-c3ccc(OC)cc3)c(OC)c1)C1C(=O)N(C)C(=O)C12.O=C(O)C(F)(F)F. The van der Waals surface area contributed by atoms with Crippen LogP contribution in [0.4, 0.5) is 13.2 Å². The minimum atomic E-state index is -5.08. The third-order valence-corrected chi connectivity index (χ3v) is 7.98. The van der Waals surface area contributed by atoms with Gasteiger partial charge in [0.15, 0.2) is 0 Å². The van der Waals surface area contributed by atoms with Crippen LogP contribution in [-0.4, -0.2) is 85.3 Å². The van der Waals surface area contributed by atoms with E-state index in [0.717, 1.165) is 28.9 Å². The summed E-state index contributed by atoms with van der Waals surface area (Å²) in [5.41, 5.74) is 1.58. The molecule has 0 aliphatic carbocycles. The van der Waals surface area contributed by atoms with Crippen LogP contribution >= 0.6 is 0 Å². The Hall–Kier alpha value is -4.13. The van der Waals surface area contributed by atoms with Gasteiger partial charge in [0.25, 0.3) is 0 Å². The van der Waals surface area contributed by atoms with Crippen molar-refractivity contribution < 1.29 is 51.7 Å². The highest BCUT2D eigenvalue weighted by Gasteiger charge is 2.73. The zero-order chi connectivity index (χ0) is 30.3. The van der Waals surface area contributed by atoms with Crippen molar-refractivity contribution in [3.8, 4) is 22.6 Å². The summed E-state index contributed by atoms with van der Waals surface area (Å²) in [6.45, 7) is 0.611. The summed E-state index contributed by atoms with van der Waals surface area (Å²) >= 11 is 0. The van der Waals surface area contributed by atoms with E-state index < -0.39 is 41.5 Å². The standard InChI is InChI=1S/C26H28N2O6.C2HF3O2/c1-27-23(29)20-21(24(27)30)26(25(31)34-4)12-5-13-28(26)22(20)16-8-11-18(19(14-16)33-3)15-6-9-17(32-2)10-7-15;3-2(4,5)1(6)7/h6-11,14,20-22H,5,12-13H2,1-4H3;(H,6,7)/t20?,21?,22?,26-;/m0./s1. The molecule has 0 saturated carbocycles. The number of carboxylic acids is 1. The monoisotopic (exact) mass is 578 g/mol. The van der Waals surface area contributed by atoms with Crippen molar-refractivity contribution in [2.75, 3.05) is 34.9 Å². The Morgan fingerprint density at radius 2 is 1.63 bits per heavy atom. The third-order valence-electron chi connectivity index (χ3n) is 7.98. The third kappa shape index (κ3) is 4.88. The molecule has 2 aromatic rings. The molecule has 5 rings (SSSR count). The summed E-state index contributed by atoms with van der Waals surface area (Å²) in [5.74, 6) is -3.75. The molecular weight excluding hydrogens is 549 g/mol. The fraction of sp³-hybridized carbons (Fsp3) is 0.429. The van der Waals surface area contributed by atoms with E-state index >= 15 is 0 Å². The van der Waals surface area contributed by atoms with Crippen molar-refractivity contribution in [2.45, 2.75) is 30.6 Å². The van der Waals surface area contributed by atoms with Crippen molar-refractivity contribution in [3.05, 3.63) is 48.0 Å². The fourth-order valence-corrected chi connectivity index (χ4v) is 6.24. The van der Waals surface area contributed by atoms with Crippen LogP contribution in [0.1, 0.15) is 24.4 Å². The Labute approximate surface area is 233 Å². The summed E-state index contributed by atoms with van der Waals surface area (Å²) < 4.78 is 47.9. The molecule has 220 valence electrons. The van der Waals surface area contributed by atoms with Gasteiger partial charge in [0, 0.05) is 18.7 Å². The molecule has 0 radical (unpaired) electrons. The molecule has 0 aromatic heterocycles. The van der Waals surface area contributed by atoms with Crippen molar-refractivity contribution >= 4 is 23.8 Å². The molecule has 3 heterocycles. The molecule has 3 saturated heterocycles. The molecule has 13 heteroatoms.